The highest BCUT2D eigenvalue weighted by Gasteiger charge is 2.18. The summed E-state index contributed by atoms with van der Waals surface area (Å²) in [5.41, 5.74) is 1.25. The van der Waals surface area contributed by atoms with Crippen molar-refractivity contribution in [3.8, 4) is 0 Å². The molecular weight excluding hydrogens is 272 g/mol. The van der Waals surface area contributed by atoms with E-state index in [2.05, 4.69) is 12.2 Å². The van der Waals surface area contributed by atoms with Crippen molar-refractivity contribution in [1.82, 2.24) is 4.90 Å². The van der Waals surface area contributed by atoms with E-state index in [1.807, 2.05) is 6.26 Å². The van der Waals surface area contributed by atoms with E-state index >= 15 is 0 Å². The predicted octanol–water partition coefficient (Wildman–Crippen LogP) is 3.49. The fourth-order valence-electron chi connectivity index (χ4n) is 1.89. The number of hydrogen-bond donors (Lipinski definition) is 1. The molecule has 0 spiro atoms. The highest BCUT2D eigenvalue weighted by molar-refractivity contribution is 7.98. The van der Waals surface area contributed by atoms with Crippen LogP contribution >= 0.6 is 11.8 Å². The Kier molecular flexibility index (Phi) is 6.58. The number of rotatable bonds is 6. The van der Waals surface area contributed by atoms with E-state index in [-0.39, 0.29) is 17.9 Å². The van der Waals surface area contributed by atoms with Crippen molar-refractivity contribution in [2.24, 2.45) is 0 Å². The zero-order chi connectivity index (χ0) is 15.1. The first-order valence-corrected chi connectivity index (χ1v) is 8.02. The molecule has 1 atom stereocenters. The van der Waals surface area contributed by atoms with Crippen LogP contribution in [0.3, 0.4) is 0 Å². The van der Waals surface area contributed by atoms with Crippen molar-refractivity contribution in [1.29, 1.82) is 0 Å². The highest BCUT2D eigenvalue weighted by atomic mass is 32.2. The van der Waals surface area contributed by atoms with Gasteiger partial charge in [-0.2, -0.15) is 11.8 Å². The summed E-state index contributed by atoms with van der Waals surface area (Å²) < 4.78 is 0. The lowest BCUT2D eigenvalue weighted by atomic mass is 10.1. The summed E-state index contributed by atoms with van der Waals surface area (Å²) in [5.74, 6) is 0.900. The summed E-state index contributed by atoms with van der Waals surface area (Å²) in [6.45, 7) is 3.58. The van der Waals surface area contributed by atoms with Crippen LogP contribution in [0, 0.1) is 0 Å². The molecule has 0 aliphatic rings. The number of Topliss-reactive ketones (excluding diaryl/α,β-unsaturated/α-hetero) is 1. The molecule has 0 heterocycles. The molecule has 0 saturated carbocycles. The van der Waals surface area contributed by atoms with Gasteiger partial charge in [-0.1, -0.05) is 19.1 Å². The lowest BCUT2D eigenvalue weighted by Crippen LogP contribution is -2.41. The topological polar surface area (TPSA) is 49.4 Å². The number of carbonyl (C=O) groups is 2. The summed E-state index contributed by atoms with van der Waals surface area (Å²) in [6, 6.07) is 7.06. The molecule has 4 nitrogen and oxygen atoms in total. The van der Waals surface area contributed by atoms with Crippen LogP contribution in [0.2, 0.25) is 0 Å². The fourth-order valence-corrected chi connectivity index (χ4v) is 2.73. The molecule has 0 bridgehead atoms. The van der Waals surface area contributed by atoms with Gasteiger partial charge in [0.25, 0.3) is 0 Å². The van der Waals surface area contributed by atoms with Crippen LogP contribution in [0.15, 0.2) is 24.3 Å². The quantitative estimate of drug-likeness (QED) is 0.817. The number of nitrogens with zero attached hydrogens (tertiary/aromatic N) is 1. The molecule has 1 aromatic carbocycles. The SMILES string of the molecule is CCC(CSC)N(C)C(=O)Nc1cccc(C(C)=O)c1. The van der Waals surface area contributed by atoms with Gasteiger partial charge >= 0.3 is 6.03 Å². The number of thioether (sulfide) groups is 1. The third-order valence-corrected chi connectivity index (χ3v) is 3.94. The molecule has 0 aliphatic carbocycles. The minimum absolute atomic E-state index is 0.0109. The summed E-state index contributed by atoms with van der Waals surface area (Å²) >= 11 is 1.73. The van der Waals surface area contributed by atoms with Gasteiger partial charge in [0.1, 0.15) is 0 Å². The Morgan fingerprint density at radius 1 is 1.40 bits per heavy atom. The minimum atomic E-state index is -0.147. The van der Waals surface area contributed by atoms with E-state index < -0.39 is 0 Å². The second-order valence-electron chi connectivity index (χ2n) is 4.70. The van der Waals surface area contributed by atoms with Crippen molar-refractivity contribution in [3.05, 3.63) is 29.8 Å². The maximum Gasteiger partial charge on any atom is 0.321 e. The molecule has 0 saturated heterocycles. The molecule has 0 radical (unpaired) electrons. The fraction of sp³-hybridized carbons (Fsp3) is 0.467. The number of benzene rings is 1. The maximum atomic E-state index is 12.2. The molecule has 0 aliphatic heterocycles. The van der Waals surface area contributed by atoms with Crippen LogP contribution in [0.4, 0.5) is 10.5 Å². The van der Waals surface area contributed by atoms with E-state index in [0.717, 1.165) is 12.2 Å². The number of ketones is 1. The van der Waals surface area contributed by atoms with E-state index in [1.165, 1.54) is 6.92 Å². The third-order valence-electron chi connectivity index (χ3n) is 3.22. The Labute approximate surface area is 124 Å². The van der Waals surface area contributed by atoms with Crippen molar-refractivity contribution in [3.63, 3.8) is 0 Å². The summed E-state index contributed by atoms with van der Waals surface area (Å²) in [5, 5.41) is 2.84. The van der Waals surface area contributed by atoms with Crippen molar-refractivity contribution < 1.29 is 9.59 Å². The first-order valence-electron chi connectivity index (χ1n) is 6.63. The average molecular weight is 294 g/mol. The van der Waals surface area contributed by atoms with Crippen LogP contribution in [0.25, 0.3) is 0 Å². The predicted molar refractivity (Wildman–Crippen MR) is 85.7 cm³/mol. The summed E-state index contributed by atoms with van der Waals surface area (Å²) in [4.78, 5) is 25.2. The van der Waals surface area contributed by atoms with E-state index in [1.54, 1.807) is 48.0 Å². The average Bonchev–Trinajstić information content (AvgIpc) is 2.44. The second-order valence-corrected chi connectivity index (χ2v) is 5.61. The Hall–Kier alpha value is -1.49. The maximum absolute atomic E-state index is 12.2. The Morgan fingerprint density at radius 3 is 2.65 bits per heavy atom. The van der Waals surface area contributed by atoms with E-state index in [4.69, 9.17) is 0 Å². The van der Waals surface area contributed by atoms with Crippen LogP contribution < -0.4 is 5.32 Å². The monoisotopic (exact) mass is 294 g/mol. The molecule has 0 fully saturated rings. The summed E-state index contributed by atoms with van der Waals surface area (Å²) in [6.07, 6.45) is 2.95. The molecule has 1 aromatic rings. The number of amides is 2. The number of carbonyl (C=O) groups excluding carboxylic acids is 2. The van der Waals surface area contributed by atoms with Gasteiger partial charge in [-0.15, -0.1) is 0 Å². The van der Waals surface area contributed by atoms with Gasteiger partial charge in [0.05, 0.1) is 0 Å². The van der Waals surface area contributed by atoms with E-state index in [9.17, 15) is 9.59 Å². The standard InChI is InChI=1S/C15H22N2O2S/c1-5-14(10-20-4)17(3)15(19)16-13-8-6-7-12(9-13)11(2)18/h6-9,14H,5,10H2,1-4H3,(H,16,19). The largest absolute Gasteiger partial charge is 0.324 e. The highest BCUT2D eigenvalue weighted by Crippen LogP contribution is 2.14. The number of hydrogen-bond acceptors (Lipinski definition) is 3. The van der Waals surface area contributed by atoms with Gasteiger partial charge in [-0.3, -0.25) is 4.79 Å². The van der Waals surface area contributed by atoms with Gasteiger partial charge in [0.15, 0.2) is 5.78 Å². The van der Waals surface area contributed by atoms with Crippen molar-refractivity contribution >= 4 is 29.3 Å². The zero-order valence-corrected chi connectivity index (χ0v) is 13.3. The van der Waals surface area contributed by atoms with Gasteiger partial charge in [-0.25, -0.2) is 4.79 Å². The van der Waals surface area contributed by atoms with Gasteiger partial charge < -0.3 is 10.2 Å². The first-order chi connectivity index (χ1) is 9.49. The number of anilines is 1. The van der Waals surface area contributed by atoms with Crippen LogP contribution in [0.5, 0.6) is 0 Å². The van der Waals surface area contributed by atoms with Gasteiger partial charge in [0.2, 0.25) is 0 Å². The Balaban J connectivity index is 2.74. The lowest BCUT2D eigenvalue weighted by Gasteiger charge is -2.27. The molecule has 110 valence electrons. The number of nitrogens with one attached hydrogen (secondary N) is 1. The minimum Gasteiger partial charge on any atom is -0.324 e. The molecule has 20 heavy (non-hydrogen) atoms. The van der Waals surface area contributed by atoms with Crippen molar-refractivity contribution in [2.75, 3.05) is 24.4 Å². The van der Waals surface area contributed by atoms with Crippen molar-refractivity contribution in [2.45, 2.75) is 26.3 Å². The smallest absolute Gasteiger partial charge is 0.321 e. The molecule has 2 amide bonds. The molecule has 1 unspecified atom stereocenters. The molecule has 1 N–H and O–H groups in total. The molecule has 1 rings (SSSR count). The van der Waals surface area contributed by atoms with Crippen LogP contribution in [0.1, 0.15) is 30.6 Å². The molecule has 5 heteroatoms. The Bertz CT molecular complexity index is 477. The van der Waals surface area contributed by atoms with Crippen LogP contribution in [-0.4, -0.2) is 41.8 Å². The summed E-state index contributed by atoms with van der Waals surface area (Å²) in [7, 11) is 1.80. The second kappa shape index (κ2) is 7.94. The van der Waals surface area contributed by atoms with Crippen LogP contribution in [-0.2, 0) is 0 Å². The molecule has 0 aromatic heterocycles. The normalized spacial score (nSPS) is 11.8. The zero-order valence-electron chi connectivity index (χ0n) is 12.5. The third kappa shape index (κ3) is 4.56. The van der Waals surface area contributed by atoms with Gasteiger partial charge in [-0.05, 0) is 31.7 Å². The van der Waals surface area contributed by atoms with Gasteiger partial charge in [0, 0.05) is 30.1 Å². The Morgan fingerprint density at radius 2 is 2.10 bits per heavy atom. The lowest BCUT2D eigenvalue weighted by molar-refractivity contribution is 0.101. The molecular formula is C15H22N2O2S. The van der Waals surface area contributed by atoms with E-state index in [0.29, 0.717) is 11.3 Å². The number of urea groups is 1. The first kappa shape index (κ1) is 16.6.